The molecule has 0 saturated heterocycles. The summed E-state index contributed by atoms with van der Waals surface area (Å²) in [4.78, 5) is 24.1. The van der Waals surface area contributed by atoms with Crippen molar-refractivity contribution in [2.24, 2.45) is 13.0 Å². The summed E-state index contributed by atoms with van der Waals surface area (Å²) in [7, 11) is 3.20. The highest BCUT2D eigenvalue weighted by molar-refractivity contribution is 5.86. The van der Waals surface area contributed by atoms with Crippen LogP contribution in [0.15, 0.2) is 36.2 Å². The molecule has 0 amide bonds. The number of hydrogen-bond donors (Lipinski definition) is 1. The van der Waals surface area contributed by atoms with E-state index in [-0.39, 0.29) is 25.0 Å². The number of nitrogens with zero attached hydrogens (tertiary/aromatic N) is 2. The molecule has 0 radical (unpaired) electrons. The van der Waals surface area contributed by atoms with Crippen molar-refractivity contribution in [1.29, 1.82) is 0 Å². The fourth-order valence-corrected chi connectivity index (χ4v) is 2.91. The molecule has 2 rings (SSSR count). The van der Waals surface area contributed by atoms with E-state index in [2.05, 4.69) is 10.4 Å². The number of methoxy groups -OCH3 is 1. The lowest BCUT2D eigenvalue weighted by Gasteiger charge is -2.19. The van der Waals surface area contributed by atoms with E-state index in [4.69, 9.17) is 14.2 Å². The number of carbonyl (C=O) groups excluding carboxylic acids is 2. The van der Waals surface area contributed by atoms with Crippen molar-refractivity contribution in [2.75, 3.05) is 20.3 Å². The molecule has 8 heteroatoms. The number of carbonyl (C=O) groups is 2. The van der Waals surface area contributed by atoms with Gasteiger partial charge in [-0.15, -0.1) is 0 Å². The molecule has 158 valence electrons. The lowest BCUT2D eigenvalue weighted by molar-refractivity contribution is -0.143. The van der Waals surface area contributed by atoms with Gasteiger partial charge in [0.1, 0.15) is 17.6 Å². The van der Waals surface area contributed by atoms with Gasteiger partial charge in [0.25, 0.3) is 0 Å². The van der Waals surface area contributed by atoms with Crippen molar-refractivity contribution < 1.29 is 23.8 Å². The molecule has 0 spiro atoms. The molecule has 1 atom stereocenters. The zero-order valence-electron chi connectivity index (χ0n) is 17.6. The molecule has 0 aliphatic carbocycles. The number of fused-ring (bicyclic) bond motifs is 1. The second-order valence-corrected chi connectivity index (χ2v) is 7.01. The molecule has 0 bridgehead atoms. The Hall–Kier alpha value is -2.87. The Morgan fingerprint density at radius 2 is 2.07 bits per heavy atom. The summed E-state index contributed by atoms with van der Waals surface area (Å²) < 4.78 is 17.7. The van der Waals surface area contributed by atoms with Gasteiger partial charge in [-0.25, -0.2) is 4.79 Å². The number of ether oxygens (including phenoxy) is 3. The maximum atomic E-state index is 12.1. The van der Waals surface area contributed by atoms with Crippen LogP contribution in [0.5, 0.6) is 5.75 Å². The third-order valence-electron chi connectivity index (χ3n) is 4.27. The summed E-state index contributed by atoms with van der Waals surface area (Å²) in [5, 5.41) is 8.19. The minimum Gasteiger partial charge on any atom is -0.468 e. The zero-order valence-corrected chi connectivity index (χ0v) is 17.6. The number of aryl methyl sites for hydroxylation is 1. The van der Waals surface area contributed by atoms with Crippen LogP contribution in [-0.4, -0.2) is 48.0 Å². The van der Waals surface area contributed by atoms with Gasteiger partial charge < -0.3 is 14.2 Å². The van der Waals surface area contributed by atoms with E-state index in [1.807, 2.05) is 33.0 Å². The molecular weight excluding hydrogens is 374 g/mol. The minimum atomic E-state index is -0.513. The lowest BCUT2D eigenvalue weighted by Crippen LogP contribution is -2.40. The highest BCUT2D eigenvalue weighted by Gasteiger charge is 2.21. The normalized spacial score (nSPS) is 12.8. The predicted octanol–water partition coefficient (Wildman–Crippen LogP) is 2.58. The SMILES string of the molecule is CCOC(=O)C=C(CNC(CC(C)C)C(=O)OC)Oc1cccc2c1cnn2C. The van der Waals surface area contributed by atoms with Gasteiger partial charge >= 0.3 is 11.9 Å². The summed E-state index contributed by atoms with van der Waals surface area (Å²) in [5.41, 5.74) is 0.901. The standard InChI is InChI=1S/C21H29N3O5/c1-6-28-20(25)11-15(12-22-17(10-14(2)3)21(26)27-5)29-19-9-7-8-18-16(19)13-23-24(18)4/h7-9,11,13-14,17,22H,6,10,12H2,1-5H3. The first-order valence-corrected chi connectivity index (χ1v) is 9.62. The molecule has 0 saturated carbocycles. The van der Waals surface area contributed by atoms with Crippen molar-refractivity contribution in [2.45, 2.75) is 33.2 Å². The maximum absolute atomic E-state index is 12.1. The monoisotopic (exact) mass is 403 g/mol. The minimum absolute atomic E-state index is 0.155. The average molecular weight is 403 g/mol. The van der Waals surface area contributed by atoms with Crippen molar-refractivity contribution >= 4 is 22.8 Å². The Labute approximate surface area is 170 Å². The first-order valence-electron chi connectivity index (χ1n) is 9.62. The van der Waals surface area contributed by atoms with Crippen LogP contribution < -0.4 is 10.1 Å². The first kappa shape index (κ1) is 22.4. The molecule has 0 aliphatic heterocycles. The van der Waals surface area contributed by atoms with Crippen LogP contribution in [0.1, 0.15) is 27.2 Å². The Kier molecular flexibility index (Phi) is 8.21. The molecular formula is C21H29N3O5. The molecule has 29 heavy (non-hydrogen) atoms. The van der Waals surface area contributed by atoms with Crippen molar-refractivity contribution in [3.05, 3.63) is 36.2 Å². The summed E-state index contributed by atoms with van der Waals surface area (Å²) in [5.74, 6) is 0.308. The number of aromatic nitrogens is 2. The van der Waals surface area contributed by atoms with Crippen LogP contribution in [0.3, 0.4) is 0 Å². The van der Waals surface area contributed by atoms with Crippen LogP contribution in [0, 0.1) is 5.92 Å². The van der Waals surface area contributed by atoms with E-state index in [1.54, 1.807) is 23.9 Å². The third kappa shape index (κ3) is 6.32. The topological polar surface area (TPSA) is 91.7 Å². The molecule has 2 aromatic rings. The van der Waals surface area contributed by atoms with E-state index < -0.39 is 12.0 Å². The van der Waals surface area contributed by atoms with Gasteiger partial charge in [0.15, 0.2) is 0 Å². The molecule has 1 heterocycles. The second kappa shape index (κ2) is 10.6. The molecule has 8 nitrogen and oxygen atoms in total. The summed E-state index contributed by atoms with van der Waals surface area (Å²) in [6, 6.07) is 5.07. The maximum Gasteiger partial charge on any atom is 0.334 e. The van der Waals surface area contributed by atoms with E-state index >= 15 is 0 Å². The number of esters is 2. The first-order chi connectivity index (χ1) is 13.8. The zero-order chi connectivity index (χ0) is 21.4. The van der Waals surface area contributed by atoms with Crippen molar-refractivity contribution in [3.63, 3.8) is 0 Å². The third-order valence-corrected chi connectivity index (χ3v) is 4.27. The highest BCUT2D eigenvalue weighted by atomic mass is 16.5. The van der Waals surface area contributed by atoms with Gasteiger partial charge in [0, 0.05) is 7.05 Å². The highest BCUT2D eigenvalue weighted by Crippen LogP contribution is 2.26. The largest absolute Gasteiger partial charge is 0.468 e. The fourth-order valence-electron chi connectivity index (χ4n) is 2.91. The number of benzene rings is 1. The van der Waals surface area contributed by atoms with Crippen molar-refractivity contribution in [1.82, 2.24) is 15.1 Å². The van der Waals surface area contributed by atoms with E-state index in [0.29, 0.717) is 17.9 Å². The Balaban J connectivity index is 2.24. The van der Waals surface area contributed by atoms with E-state index in [1.165, 1.54) is 13.2 Å². The molecule has 1 unspecified atom stereocenters. The quantitative estimate of drug-likeness (QED) is 0.370. The Morgan fingerprint density at radius 3 is 2.72 bits per heavy atom. The summed E-state index contributed by atoms with van der Waals surface area (Å²) in [6.45, 7) is 6.18. The van der Waals surface area contributed by atoms with Crippen molar-refractivity contribution in [3.8, 4) is 5.75 Å². The van der Waals surface area contributed by atoms with Crippen LogP contribution >= 0.6 is 0 Å². The van der Waals surface area contributed by atoms with Gasteiger partial charge in [-0.2, -0.15) is 5.10 Å². The van der Waals surface area contributed by atoms with E-state index in [9.17, 15) is 9.59 Å². The number of hydrogen-bond acceptors (Lipinski definition) is 7. The van der Waals surface area contributed by atoms with Crippen LogP contribution in [-0.2, 0) is 26.1 Å². The molecule has 1 N–H and O–H groups in total. The smallest absolute Gasteiger partial charge is 0.334 e. The number of nitrogens with one attached hydrogen (secondary N) is 1. The Morgan fingerprint density at radius 1 is 1.31 bits per heavy atom. The average Bonchev–Trinajstić information content (AvgIpc) is 3.06. The van der Waals surface area contributed by atoms with Gasteiger partial charge in [-0.1, -0.05) is 19.9 Å². The van der Waals surface area contributed by atoms with Gasteiger partial charge in [0.05, 0.1) is 43.4 Å². The van der Waals surface area contributed by atoms with Crippen LogP contribution in [0.2, 0.25) is 0 Å². The predicted molar refractivity (Wildman–Crippen MR) is 109 cm³/mol. The fraction of sp³-hybridized carbons (Fsp3) is 0.476. The summed E-state index contributed by atoms with van der Waals surface area (Å²) >= 11 is 0. The van der Waals surface area contributed by atoms with Crippen LogP contribution in [0.25, 0.3) is 10.9 Å². The van der Waals surface area contributed by atoms with Gasteiger partial charge in [-0.3, -0.25) is 14.8 Å². The van der Waals surface area contributed by atoms with Gasteiger partial charge in [0.2, 0.25) is 0 Å². The van der Waals surface area contributed by atoms with E-state index in [0.717, 1.165) is 10.9 Å². The molecule has 0 aliphatic rings. The van der Waals surface area contributed by atoms with Crippen LogP contribution in [0.4, 0.5) is 0 Å². The number of rotatable bonds is 10. The Bertz CT molecular complexity index is 872. The molecule has 0 fully saturated rings. The summed E-state index contributed by atoms with van der Waals surface area (Å²) in [6.07, 6.45) is 3.59. The second-order valence-electron chi connectivity index (χ2n) is 7.01. The molecule has 1 aromatic carbocycles. The lowest BCUT2D eigenvalue weighted by atomic mass is 10.0. The molecule has 1 aromatic heterocycles. The van der Waals surface area contributed by atoms with Gasteiger partial charge in [-0.05, 0) is 31.4 Å².